The third kappa shape index (κ3) is 4.29. The number of aliphatic carboxylic acids is 1. The molecule has 0 saturated carbocycles. The van der Waals surface area contributed by atoms with Crippen molar-refractivity contribution in [2.45, 2.75) is 51.2 Å². The van der Waals surface area contributed by atoms with Crippen molar-refractivity contribution in [2.75, 3.05) is 13.2 Å². The van der Waals surface area contributed by atoms with Crippen molar-refractivity contribution in [1.82, 2.24) is 5.32 Å². The third-order valence-electron chi connectivity index (χ3n) is 3.93. The molecule has 2 atom stereocenters. The van der Waals surface area contributed by atoms with E-state index in [9.17, 15) is 9.90 Å². The normalized spacial score (nSPS) is 20.4. The highest BCUT2D eigenvalue weighted by molar-refractivity contribution is 5.75. The molecule has 1 heterocycles. The maximum Gasteiger partial charge on any atom is 0.325 e. The van der Waals surface area contributed by atoms with Crippen LogP contribution in [-0.2, 0) is 14.9 Å². The monoisotopic (exact) mass is 291 g/mol. The van der Waals surface area contributed by atoms with Gasteiger partial charge >= 0.3 is 5.97 Å². The Hall–Kier alpha value is -1.39. The molecule has 4 nitrogen and oxygen atoms in total. The van der Waals surface area contributed by atoms with Crippen LogP contribution in [0.5, 0.6) is 0 Å². The minimum atomic E-state index is -0.850. The first-order valence-corrected chi connectivity index (χ1v) is 7.56. The Morgan fingerprint density at radius 1 is 1.38 bits per heavy atom. The van der Waals surface area contributed by atoms with E-state index < -0.39 is 12.0 Å². The molecular formula is C17H25NO3. The predicted octanol–water partition coefficient (Wildman–Crippen LogP) is 2.88. The van der Waals surface area contributed by atoms with Gasteiger partial charge in [0.15, 0.2) is 0 Å². The van der Waals surface area contributed by atoms with E-state index in [2.05, 4.69) is 26.1 Å². The van der Waals surface area contributed by atoms with E-state index in [-0.39, 0.29) is 11.5 Å². The number of hydrogen-bond donors (Lipinski definition) is 2. The smallest absolute Gasteiger partial charge is 0.325 e. The number of nitrogens with one attached hydrogen (secondary N) is 1. The van der Waals surface area contributed by atoms with Gasteiger partial charge in [-0.15, -0.1) is 0 Å². The predicted molar refractivity (Wildman–Crippen MR) is 82.5 cm³/mol. The van der Waals surface area contributed by atoms with Crippen molar-refractivity contribution < 1.29 is 14.6 Å². The zero-order valence-electron chi connectivity index (χ0n) is 13.1. The number of ether oxygens (including phenoxy) is 1. The average Bonchev–Trinajstić information content (AvgIpc) is 2.91. The lowest BCUT2D eigenvalue weighted by Gasteiger charge is -2.21. The van der Waals surface area contributed by atoms with E-state index in [4.69, 9.17) is 4.74 Å². The minimum absolute atomic E-state index is 0.0718. The fourth-order valence-electron chi connectivity index (χ4n) is 2.58. The highest BCUT2D eigenvalue weighted by Gasteiger charge is 2.23. The second-order valence-electron chi connectivity index (χ2n) is 6.69. The Morgan fingerprint density at radius 2 is 2.05 bits per heavy atom. The SMILES string of the molecule is CC(C)(C)c1ccc(C(NCC2CCCO2)C(=O)O)cc1. The molecule has 2 rings (SSSR count). The summed E-state index contributed by atoms with van der Waals surface area (Å²) in [4.78, 5) is 11.5. The summed E-state index contributed by atoms with van der Waals surface area (Å²) in [6, 6.07) is 7.16. The van der Waals surface area contributed by atoms with Gasteiger partial charge in [-0.1, -0.05) is 45.0 Å². The topological polar surface area (TPSA) is 58.6 Å². The molecule has 1 fully saturated rings. The van der Waals surface area contributed by atoms with Crippen LogP contribution < -0.4 is 5.32 Å². The van der Waals surface area contributed by atoms with Crippen molar-refractivity contribution in [3.8, 4) is 0 Å². The molecule has 1 saturated heterocycles. The summed E-state index contributed by atoms with van der Waals surface area (Å²) in [7, 11) is 0. The van der Waals surface area contributed by atoms with Gasteiger partial charge in [0.25, 0.3) is 0 Å². The second kappa shape index (κ2) is 6.58. The second-order valence-corrected chi connectivity index (χ2v) is 6.69. The fraction of sp³-hybridized carbons (Fsp3) is 0.588. The lowest BCUT2D eigenvalue weighted by molar-refractivity contribution is -0.139. The van der Waals surface area contributed by atoms with Crippen LogP contribution in [0.2, 0.25) is 0 Å². The number of carboxylic acids is 1. The molecule has 1 aliphatic rings. The van der Waals surface area contributed by atoms with E-state index in [1.807, 2.05) is 24.3 Å². The molecule has 0 bridgehead atoms. The summed E-state index contributed by atoms with van der Waals surface area (Å²) in [5.41, 5.74) is 2.06. The molecule has 4 heteroatoms. The lowest BCUT2D eigenvalue weighted by Crippen LogP contribution is -2.34. The number of hydrogen-bond acceptors (Lipinski definition) is 3. The fourth-order valence-corrected chi connectivity index (χ4v) is 2.58. The molecule has 2 N–H and O–H groups in total. The van der Waals surface area contributed by atoms with Crippen molar-refractivity contribution >= 4 is 5.97 Å². The van der Waals surface area contributed by atoms with Crippen LogP contribution in [0, 0.1) is 0 Å². The maximum absolute atomic E-state index is 11.5. The molecule has 1 aliphatic heterocycles. The quantitative estimate of drug-likeness (QED) is 0.876. The summed E-state index contributed by atoms with van der Waals surface area (Å²) in [6.45, 7) is 7.80. The van der Waals surface area contributed by atoms with Crippen LogP contribution >= 0.6 is 0 Å². The number of carbonyl (C=O) groups is 1. The van der Waals surface area contributed by atoms with E-state index in [0.717, 1.165) is 25.0 Å². The molecule has 116 valence electrons. The summed E-state index contributed by atoms with van der Waals surface area (Å²) in [5, 5.41) is 12.5. The van der Waals surface area contributed by atoms with Gasteiger partial charge in [0.2, 0.25) is 0 Å². The van der Waals surface area contributed by atoms with Crippen LogP contribution in [0.15, 0.2) is 24.3 Å². The molecule has 0 aromatic heterocycles. The first kappa shape index (κ1) is 16.0. The zero-order chi connectivity index (χ0) is 15.5. The summed E-state index contributed by atoms with van der Waals surface area (Å²) >= 11 is 0. The van der Waals surface area contributed by atoms with Crippen LogP contribution in [-0.4, -0.2) is 30.3 Å². The molecule has 0 aliphatic carbocycles. The third-order valence-corrected chi connectivity index (χ3v) is 3.93. The standard InChI is InChI=1S/C17H25NO3/c1-17(2,3)13-8-6-12(7-9-13)15(16(19)20)18-11-14-5-4-10-21-14/h6-9,14-15,18H,4-5,10-11H2,1-3H3,(H,19,20). The van der Waals surface area contributed by atoms with E-state index in [1.165, 1.54) is 5.56 Å². The average molecular weight is 291 g/mol. The van der Waals surface area contributed by atoms with Gasteiger partial charge in [-0.2, -0.15) is 0 Å². The highest BCUT2D eigenvalue weighted by Crippen LogP contribution is 2.24. The van der Waals surface area contributed by atoms with Crippen molar-refractivity contribution in [3.63, 3.8) is 0 Å². The van der Waals surface area contributed by atoms with E-state index >= 15 is 0 Å². The van der Waals surface area contributed by atoms with Crippen molar-refractivity contribution in [1.29, 1.82) is 0 Å². The Bertz CT molecular complexity index is 470. The van der Waals surface area contributed by atoms with Crippen LogP contribution in [0.1, 0.15) is 50.8 Å². The first-order valence-electron chi connectivity index (χ1n) is 7.56. The lowest BCUT2D eigenvalue weighted by atomic mass is 9.86. The summed E-state index contributed by atoms with van der Waals surface area (Å²) < 4.78 is 5.53. The first-order chi connectivity index (χ1) is 9.88. The van der Waals surface area contributed by atoms with Gasteiger partial charge in [0.05, 0.1) is 6.10 Å². The molecule has 1 aromatic rings. The molecular weight excluding hydrogens is 266 g/mol. The van der Waals surface area contributed by atoms with Crippen LogP contribution in [0.25, 0.3) is 0 Å². The van der Waals surface area contributed by atoms with Gasteiger partial charge in [-0.25, -0.2) is 0 Å². The minimum Gasteiger partial charge on any atom is -0.480 e. The number of rotatable bonds is 5. The highest BCUT2D eigenvalue weighted by atomic mass is 16.5. The van der Waals surface area contributed by atoms with Gasteiger partial charge in [0, 0.05) is 13.2 Å². The molecule has 0 radical (unpaired) electrons. The summed E-state index contributed by atoms with van der Waals surface area (Å²) in [6.07, 6.45) is 2.20. The summed E-state index contributed by atoms with van der Waals surface area (Å²) in [5.74, 6) is -0.850. The van der Waals surface area contributed by atoms with Crippen molar-refractivity contribution in [2.24, 2.45) is 0 Å². The van der Waals surface area contributed by atoms with Gasteiger partial charge < -0.3 is 9.84 Å². The van der Waals surface area contributed by atoms with E-state index in [1.54, 1.807) is 0 Å². The van der Waals surface area contributed by atoms with Crippen LogP contribution in [0.3, 0.4) is 0 Å². The van der Waals surface area contributed by atoms with Crippen molar-refractivity contribution in [3.05, 3.63) is 35.4 Å². The Morgan fingerprint density at radius 3 is 2.52 bits per heavy atom. The molecule has 0 spiro atoms. The maximum atomic E-state index is 11.5. The Kier molecular flexibility index (Phi) is 5.01. The van der Waals surface area contributed by atoms with Gasteiger partial charge in [-0.3, -0.25) is 10.1 Å². The van der Waals surface area contributed by atoms with Gasteiger partial charge in [-0.05, 0) is 29.4 Å². The molecule has 0 amide bonds. The van der Waals surface area contributed by atoms with Gasteiger partial charge in [0.1, 0.15) is 6.04 Å². The number of carboxylic acid groups (broad SMARTS) is 1. The van der Waals surface area contributed by atoms with Crippen LogP contribution in [0.4, 0.5) is 0 Å². The van der Waals surface area contributed by atoms with E-state index in [0.29, 0.717) is 6.54 Å². The number of benzene rings is 1. The largest absolute Gasteiger partial charge is 0.480 e. The Balaban J connectivity index is 2.05. The molecule has 21 heavy (non-hydrogen) atoms. The Labute approximate surface area is 126 Å². The molecule has 2 unspecified atom stereocenters. The molecule has 1 aromatic carbocycles. The zero-order valence-corrected chi connectivity index (χ0v) is 13.1.